The van der Waals surface area contributed by atoms with Crippen LogP contribution in [0.4, 0.5) is 16.3 Å². The normalized spacial score (nSPS) is 16.5. The Kier molecular flexibility index (Phi) is 4.77. The van der Waals surface area contributed by atoms with E-state index in [9.17, 15) is 4.79 Å². The summed E-state index contributed by atoms with van der Waals surface area (Å²) in [5, 5.41) is 15.7. The standard InChI is InChI=1S/C19H19ClN6O/c1-12-9-15-16(3-2-4-17(15)25-24-12)23-19(27)22-14-7-8-26(11-14)18-6-5-13(20)10-21-18/h2-6,9-10,14H,7-8,11H2,1H3,(H2,22,23,27)/t14-/m1/s1. The summed E-state index contributed by atoms with van der Waals surface area (Å²) in [5.41, 5.74) is 2.27. The van der Waals surface area contributed by atoms with Crippen LogP contribution in [0.5, 0.6) is 0 Å². The highest BCUT2D eigenvalue weighted by Crippen LogP contribution is 2.22. The maximum absolute atomic E-state index is 12.5. The van der Waals surface area contributed by atoms with E-state index in [1.807, 2.05) is 43.3 Å². The van der Waals surface area contributed by atoms with Crippen LogP contribution in [0, 0.1) is 6.92 Å². The summed E-state index contributed by atoms with van der Waals surface area (Å²) >= 11 is 5.89. The number of halogens is 1. The Morgan fingerprint density at radius 3 is 2.96 bits per heavy atom. The van der Waals surface area contributed by atoms with Crippen LogP contribution in [0.3, 0.4) is 0 Å². The molecule has 2 N–H and O–H groups in total. The van der Waals surface area contributed by atoms with Crippen LogP contribution in [-0.2, 0) is 0 Å². The molecule has 138 valence electrons. The number of fused-ring (bicyclic) bond motifs is 1. The molecule has 1 atom stereocenters. The van der Waals surface area contributed by atoms with E-state index in [4.69, 9.17) is 11.6 Å². The van der Waals surface area contributed by atoms with Crippen molar-refractivity contribution in [3.8, 4) is 0 Å². The molecule has 4 rings (SSSR count). The molecule has 1 aliphatic heterocycles. The van der Waals surface area contributed by atoms with E-state index in [2.05, 4.69) is 30.7 Å². The first-order valence-corrected chi connectivity index (χ1v) is 9.13. The molecule has 1 aromatic carbocycles. The Hall–Kier alpha value is -2.93. The van der Waals surface area contributed by atoms with Gasteiger partial charge in [0.2, 0.25) is 0 Å². The van der Waals surface area contributed by atoms with Crippen LogP contribution in [0.2, 0.25) is 5.02 Å². The third-order valence-corrected chi connectivity index (χ3v) is 4.78. The summed E-state index contributed by atoms with van der Waals surface area (Å²) in [7, 11) is 0. The second-order valence-corrected chi connectivity index (χ2v) is 7.03. The zero-order valence-electron chi connectivity index (χ0n) is 14.8. The van der Waals surface area contributed by atoms with Crippen molar-refractivity contribution in [2.75, 3.05) is 23.3 Å². The minimum Gasteiger partial charge on any atom is -0.354 e. The van der Waals surface area contributed by atoms with Crippen molar-refractivity contribution in [2.24, 2.45) is 0 Å². The minimum atomic E-state index is -0.229. The number of hydrogen-bond acceptors (Lipinski definition) is 5. The van der Waals surface area contributed by atoms with Crippen LogP contribution in [0.25, 0.3) is 10.9 Å². The first-order valence-electron chi connectivity index (χ1n) is 8.75. The lowest BCUT2D eigenvalue weighted by atomic mass is 10.2. The monoisotopic (exact) mass is 382 g/mol. The fourth-order valence-electron chi connectivity index (χ4n) is 3.26. The second-order valence-electron chi connectivity index (χ2n) is 6.59. The Balaban J connectivity index is 1.40. The smallest absolute Gasteiger partial charge is 0.319 e. The SMILES string of the molecule is Cc1cc2c(NC(=O)N[C@@H]3CCN(c4ccc(Cl)cn4)C3)cccc2nn1. The van der Waals surface area contributed by atoms with Gasteiger partial charge in [0.25, 0.3) is 0 Å². The molecular weight excluding hydrogens is 364 g/mol. The van der Waals surface area contributed by atoms with Gasteiger partial charge in [-0.05, 0) is 43.7 Å². The zero-order valence-corrected chi connectivity index (χ0v) is 15.6. The van der Waals surface area contributed by atoms with Gasteiger partial charge < -0.3 is 15.5 Å². The number of nitrogens with one attached hydrogen (secondary N) is 2. The predicted octanol–water partition coefficient (Wildman–Crippen LogP) is 3.39. The number of anilines is 2. The number of aromatic nitrogens is 3. The van der Waals surface area contributed by atoms with E-state index in [-0.39, 0.29) is 12.1 Å². The van der Waals surface area contributed by atoms with Crippen LogP contribution < -0.4 is 15.5 Å². The number of rotatable bonds is 3. The van der Waals surface area contributed by atoms with Gasteiger partial charge in [0.05, 0.1) is 21.9 Å². The molecule has 0 aliphatic carbocycles. The molecule has 0 unspecified atom stereocenters. The lowest BCUT2D eigenvalue weighted by Gasteiger charge is -2.18. The van der Waals surface area contributed by atoms with Gasteiger partial charge in [0.15, 0.2) is 0 Å². The third-order valence-electron chi connectivity index (χ3n) is 4.56. The number of nitrogens with zero attached hydrogens (tertiary/aromatic N) is 4. The Morgan fingerprint density at radius 2 is 2.15 bits per heavy atom. The van der Waals surface area contributed by atoms with Gasteiger partial charge >= 0.3 is 6.03 Å². The summed E-state index contributed by atoms with van der Waals surface area (Å²) in [6.07, 6.45) is 2.49. The number of benzene rings is 1. The Bertz CT molecular complexity index is 978. The van der Waals surface area contributed by atoms with Gasteiger partial charge in [-0.2, -0.15) is 10.2 Å². The molecular formula is C19H19ClN6O. The average molecular weight is 383 g/mol. The van der Waals surface area contributed by atoms with Gasteiger partial charge in [-0.25, -0.2) is 9.78 Å². The fourth-order valence-corrected chi connectivity index (χ4v) is 3.37. The van der Waals surface area contributed by atoms with Gasteiger partial charge in [-0.1, -0.05) is 17.7 Å². The molecule has 0 bridgehead atoms. The molecule has 0 radical (unpaired) electrons. The molecule has 1 aliphatic rings. The van der Waals surface area contributed by atoms with Crippen molar-refractivity contribution in [1.29, 1.82) is 0 Å². The molecule has 2 amide bonds. The van der Waals surface area contributed by atoms with Crippen molar-refractivity contribution in [3.63, 3.8) is 0 Å². The van der Waals surface area contributed by atoms with Crippen LogP contribution in [-0.4, -0.2) is 40.3 Å². The lowest BCUT2D eigenvalue weighted by Crippen LogP contribution is -2.39. The molecule has 8 heteroatoms. The van der Waals surface area contributed by atoms with E-state index in [0.29, 0.717) is 11.6 Å². The Morgan fingerprint density at radius 1 is 1.26 bits per heavy atom. The number of pyridine rings is 1. The average Bonchev–Trinajstić information content (AvgIpc) is 3.11. The van der Waals surface area contributed by atoms with E-state index in [0.717, 1.165) is 41.1 Å². The first kappa shape index (κ1) is 17.5. The van der Waals surface area contributed by atoms with E-state index < -0.39 is 0 Å². The molecule has 3 heterocycles. The number of aryl methyl sites for hydroxylation is 1. The predicted molar refractivity (Wildman–Crippen MR) is 106 cm³/mol. The first-order chi connectivity index (χ1) is 13.1. The topological polar surface area (TPSA) is 83.0 Å². The molecule has 2 aromatic heterocycles. The number of amides is 2. The number of carbonyl (C=O) groups excluding carboxylic acids is 1. The van der Waals surface area contributed by atoms with Crippen molar-refractivity contribution >= 4 is 40.0 Å². The quantitative estimate of drug-likeness (QED) is 0.725. The third kappa shape index (κ3) is 3.93. The molecule has 0 spiro atoms. The van der Waals surface area contributed by atoms with Gasteiger partial charge in [-0.3, -0.25) is 0 Å². The molecule has 1 fully saturated rings. The van der Waals surface area contributed by atoms with Crippen LogP contribution >= 0.6 is 11.6 Å². The second kappa shape index (κ2) is 7.36. The van der Waals surface area contributed by atoms with Crippen LogP contribution in [0.1, 0.15) is 12.1 Å². The van der Waals surface area contributed by atoms with Crippen LogP contribution in [0.15, 0.2) is 42.6 Å². The molecule has 0 saturated carbocycles. The molecule has 7 nitrogen and oxygen atoms in total. The largest absolute Gasteiger partial charge is 0.354 e. The maximum Gasteiger partial charge on any atom is 0.319 e. The molecule has 27 heavy (non-hydrogen) atoms. The summed E-state index contributed by atoms with van der Waals surface area (Å²) in [6.45, 7) is 3.42. The highest BCUT2D eigenvalue weighted by atomic mass is 35.5. The van der Waals surface area contributed by atoms with Crippen molar-refractivity contribution in [1.82, 2.24) is 20.5 Å². The van der Waals surface area contributed by atoms with Gasteiger partial charge in [-0.15, -0.1) is 0 Å². The van der Waals surface area contributed by atoms with E-state index in [1.165, 1.54) is 0 Å². The lowest BCUT2D eigenvalue weighted by molar-refractivity contribution is 0.249. The maximum atomic E-state index is 12.5. The van der Waals surface area contributed by atoms with Crippen molar-refractivity contribution in [2.45, 2.75) is 19.4 Å². The zero-order chi connectivity index (χ0) is 18.8. The summed E-state index contributed by atoms with van der Waals surface area (Å²) in [5.74, 6) is 0.868. The number of urea groups is 1. The van der Waals surface area contributed by atoms with Gasteiger partial charge in [0, 0.05) is 30.7 Å². The highest BCUT2D eigenvalue weighted by molar-refractivity contribution is 6.30. The van der Waals surface area contributed by atoms with Crippen molar-refractivity contribution < 1.29 is 4.79 Å². The summed E-state index contributed by atoms with van der Waals surface area (Å²) < 4.78 is 0. The van der Waals surface area contributed by atoms with E-state index in [1.54, 1.807) is 6.20 Å². The Labute approximate surface area is 161 Å². The van der Waals surface area contributed by atoms with Gasteiger partial charge in [0.1, 0.15) is 5.82 Å². The number of carbonyl (C=O) groups is 1. The van der Waals surface area contributed by atoms with Crippen molar-refractivity contribution in [3.05, 3.63) is 53.3 Å². The molecule has 1 saturated heterocycles. The highest BCUT2D eigenvalue weighted by Gasteiger charge is 2.25. The minimum absolute atomic E-state index is 0.0546. The summed E-state index contributed by atoms with van der Waals surface area (Å²) in [6, 6.07) is 11.0. The fraction of sp³-hybridized carbons (Fsp3) is 0.263. The van der Waals surface area contributed by atoms with E-state index >= 15 is 0 Å². The summed E-state index contributed by atoms with van der Waals surface area (Å²) in [4.78, 5) is 18.9. The molecule has 3 aromatic rings. The number of hydrogen-bond donors (Lipinski definition) is 2.